The van der Waals surface area contributed by atoms with E-state index in [0.29, 0.717) is 37.7 Å². The summed E-state index contributed by atoms with van der Waals surface area (Å²) in [6, 6.07) is 12.3. The van der Waals surface area contributed by atoms with E-state index in [1.807, 2.05) is 23.1 Å². The van der Waals surface area contributed by atoms with Crippen molar-refractivity contribution in [3.63, 3.8) is 0 Å². The molecule has 1 saturated heterocycles. The number of aryl methyl sites for hydroxylation is 1. The maximum absolute atomic E-state index is 14.0. The number of pyridine rings is 1. The number of piperazine rings is 1. The van der Waals surface area contributed by atoms with Gasteiger partial charge in [0.15, 0.2) is 11.3 Å². The third-order valence-corrected chi connectivity index (χ3v) is 5.68. The molecule has 0 unspecified atom stereocenters. The lowest BCUT2D eigenvalue weighted by atomic mass is 10.1. The van der Waals surface area contributed by atoms with Crippen LogP contribution in [0.2, 0.25) is 0 Å². The minimum atomic E-state index is -4.69. The van der Waals surface area contributed by atoms with Crippen LogP contribution in [0, 0.1) is 12.7 Å². The number of alkyl halides is 3. The highest BCUT2D eigenvalue weighted by atomic mass is 19.4. The van der Waals surface area contributed by atoms with Gasteiger partial charge < -0.3 is 9.80 Å². The van der Waals surface area contributed by atoms with Crippen molar-refractivity contribution < 1.29 is 17.6 Å². The van der Waals surface area contributed by atoms with E-state index in [9.17, 15) is 17.6 Å². The first kappa shape index (κ1) is 21.2. The summed E-state index contributed by atoms with van der Waals surface area (Å²) >= 11 is 0. The fourth-order valence-corrected chi connectivity index (χ4v) is 4.13. The van der Waals surface area contributed by atoms with Crippen molar-refractivity contribution >= 4 is 17.3 Å². The maximum atomic E-state index is 14.0. The van der Waals surface area contributed by atoms with E-state index in [0.717, 1.165) is 18.0 Å². The van der Waals surface area contributed by atoms with E-state index in [2.05, 4.69) is 20.0 Å². The van der Waals surface area contributed by atoms with E-state index in [1.54, 1.807) is 19.2 Å². The second-order valence-corrected chi connectivity index (χ2v) is 7.88. The second kappa shape index (κ2) is 8.02. The summed E-state index contributed by atoms with van der Waals surface area (Å²) in [5.74, 6) is 0.877. The molecule has 1 fully saturated rings. The summed E-state index contributed by atoms with van der Waals surface area (Å²) in [4.78, 5) is 12.9. The normalized spacial score (nSPS) is 14.8. The largest absolute Gasteiger partial charge is 0.435 e. The van der Waals surface area contributed by atoms with E-state index in [-0.39, 0.29) is 16.8 Å². The third-order valence-electron chi connectivity index (χ3n) is 5.68. The number of halogens is 4. The van der Waals surface area contributed by atoms with Crippen LogP contribution in [0.5, 0.6) is 0 Å². The zero-order valence-corrected chi connectivity index (χ0v) is 17.7. The molecule has 1 aromatic carbocycles. The van der Waals surface area contributed by atoms with E-state index < -0.39 is 17.7 Å². The van der Waals surface area contributed by atoms with Gasteiger partial charge in [-0.3, -0.25) is 0 Å². The molecule has 0 bridgehead atoms. The van der Waals surface area contributed by atoms with Crippen LogP contribution in [-0.2, 0) is 6.18 Å². The zero-order valence-electron chi connectivity index (χ0n) is 17.7. The number of aromatic nitrogens is 4. The zero-order chi connectivity index (χ0) is 23.2. The fourth-order valence-electron chi connectivity index (χ4n) is 4.13. The number of hydrogen-bond donors (Lipinski definition) is 0. The molecule has 1 aliphatic heterocycles. The van der Waals surface area contributed by atoms with Crippen molar-refractivity contribution in [1.29, 1.82) is 0 Å². The molecule has 0 N–H and O–H groups in total. The quantitative estimate of drug-likeness (QED) is 0.423. The Morgan fingerprint density at radius 3 is 2.24 bits per heavy atom. The molecule has 6 nitrogen and oxygen atoms in total. The fraction of sp³-hybridized carbons (Fsp3) is 0.261. The summed E-state index contributed by atoms with van der Waals surface area (Å²) in [7, 11) is 0. The predicted molar refractivity (Wildman–Crippen MR) is 117 cm³/mol. The molecule has 33 heavy (non-hydrogen) atoms. The Labute approximate surface area is 187 Å². The van der Waals surface area contributed by atoms with Crippen molar-refractivity contribution in [2.45, 2.75) is 13.1 Å². The van der Waals surface area contributed by atoms with Crippen molar-refractivity contribution in [2.75, 3.05) is 36.0 Å². The van der Waals surface area contributed by atoms with E-state index >= 15 is 0 Å². The molecule has 0 spiro atoms. The topological polar surface area (TPSA) is 49.6 Å². The highest BCUT2D eigenvalue weighted by molar-refractivity contribution is 5.81. The summed E-state index contributed by atoms with van der Waals surface area (Å²) in [6.07, 6.45) is -2.96. The van der Waals surface area contributed by atoms with Crippen molar-refractivity contribution in [2.24, 2.45) is 0 Å². The molecule has 4 heterocycles. The summed E-state index contributed by atoms with van der Waals surface area (Å²) in [5, 5.41) is 3.94. The average Bonchev–Trinajstić information content (AvgIpc) is 3.20. The molecule has 3 aromatic heterocycles. The van der Waals surface area contributed by atoms with Crippen LogP contribution >= 0.6 is 0 Å². The SMILES string of the molecule is Cc1cc(N2CCN(c3ccccn3)CC2)n2nc(C(F)(F)F)c(-c3ccc(F)cc3)c2n1. The number of rotatable bonds is 3. The lowest BCUT2D eigenvalue weighted by molar-refractivity contribution is -0.140. The van der Waals surface area contributed by atoms with Gasteiger partial charge in [-0.25, -0.2) is 14.4 Å². The molecular formula is C23H20F4N6. The van der Waals surface area contributed by atoms with E-state index in [1.165, 1.54) is 16.6 Å². The minimum Gasteiger partial charge on any atom is -0.353 e. The number of anilines is 2. The molecule has 0 aliphatic carbocycles. The van der Waals surface area contributed by atoms with Crippen LogP contribution in [-0.4, -0.2) is 45.8 Å². The molecule has 0 amide bonds. The first-order valence-electron chi connectivity index (χ1n) is 10.5. The van der Waals surface area contributed by atoms with Gasteiger partial charge in [0, 0.05) is 44.1 Å². The van der Waals surface area contributed by atoms with Gasteiger partial charge in [-0.1, -0.05) is 18.2 Å². The molecule has 10 heteroatoms. The molecule has 0 atom stereocenters. The Bertz CT molecular complexity index is 1280. The van der Waals surface area contributed by atoms with Gasteiger partial charge in [0.05, 0.1) is 5.56 Å². The molecule has 5 rings (SSSR count). The van der Waals surface area contributed by atoms with E-state index in [4.69, 9.17) is 0 Å². The Hall–Kier alpha value is -3.69. The van der Waals surface area contributed by atoms with Gasteiger partial charge in [0.2, 0.25) is 0 Å². The molecule has 0 saturated carbocycles. The third kappa shape index (κ3) is 3.96. The van der Waals surface area contributed by atoms with Gasteiger partial charge in [0.1, 0.15) is 17.5 Å². The maximum Gasteiger partial charge on any atom is 0.435 e. The van der Waals surface area contributed by atoms with Crippen molar-refractivity contribution in [1.82, 2.24) is 19.6 Å². The summed E-state index contributed by atoms with van der Waals surface area (Å²) < 4.78 is 56.6. The molecule has 170 valence electrons. The van der Waals surface area contributed by atoms with Gasteiger partial charge in [-0.05, 0) is 36.8 Å². The number of nitrogens with zero attached hydrogens (tertiary/aromatic N) is 6. The highest BCUT2D eigenvalue weighted by Gasteiger charge is 2.39. The van der Waals surface area contributed by atoms with Gasteiger partial charge in [0.25, 0.3) is 0 Å². The standard InChI is InChI=1S/C23H20F4N6/c1-15-14-19(32-12-10-31(11-13-32)18-4-2-3-9-28-18)33-22(29-15)20(21(30-33)23(25,26)27)16-5-7-17(24)8-6-16/h2-9,14H,10-13H2,1H3. The molecule has 4 aromatic rings. The lowest BCUT2D eigenvalue weighted by Gasteiger charge is -2.36. The first-order valence-corrected chi connectivity index (χ1v) is 10.5. The molecule has 1 aliphatic rings. The van der Waals surface area contributed by atoms with Crippen molar-refractivity contribution in [3.8, 4) is 11.1 Å². The van der Waals surface area contributed by atoms with Gasteiger partial charge in [-0.2, -0.15) is 22.8 Å². The van der Waals surface area contributed by atoms with Crippen LogP contribution in [0.25, 0.3) is 16.8 Å². The summed E-state index contributed by atoms with van der Waals surface area (Å²) in [5.41, 5.74) is -0.319. The van der Waals surface area contributed by atoms with Crippen molar-refractivity contribution in [3.05, 3.63) is 71.9 Å². The lowest BCUT2D eigenvalue weighted by Crippen LogP contribution is -2.47. The van der Waals surface area contributed by atoms with Gasteiger partial charge >= 0.3 is 6.18 Å². The van der Waals surface area contributed by atoms with Crippen LogP contribution in [0.3, 0.4) is 0 Å². The predicted octanol–water partition coefficient (Wildman–Crippen LogP) is 4.58. The smallest absolute Gasteiger partial charge is 0.353 e. The van der Waals surface area contributed by atoms with Crippen LogP contribution in [0.1, 0.15) is 11.4 Å². The van der Waals surface area contributed by atoms with Crippen LogP contribution < -0.4 is 9.80 Å². The number of fused-ring (bicyclic) bond motifs is 1. The monoisotopic (exact) mass is 456 g/mol. The second-order valence-electron chi connectivity index (χ2n) is 7.88. The average molecular weight is 456 g/mol. The summed E-state index contributed by atoms with van der Waals surface area (Å²) in [6.45, 7) is 4.24. The Morgan fingerprint density at radius 1 is 0.909 bits per heavy atom. The number of hydrogen-bond acceptors (Lipinski definition) is 5. The van der Waals surface area contributed by atoms with Crippen LogP contribution in [0.15, 0.2) is 54.7 Å². The van der Waals surface area contributed by atoms with Gasteiger partial charge in [-0.15, -0.1) is 0 Å². The highest BCUT2D eigenvalue weighted by Crippen LogP contribution is 2.39. The Balaban J connectivity index is 1.58. The molecular weight excluding hydrogens is 436 g/mol. The first-order chi connectivity index (χ1) is 15.8. The minimum absolute atomic E-state index is 0.0936. The van der Waals surface area contributed by atoms with Crippen LogP contribution in [0.4, 0.5) is 29.2 Å². The Morgan fingerprint density at radius 2 is 1.61 bits per heavy atom. The number of benzene rings is 1. The molecule has 0 radical (unpaired) electrons. The Kier molecular flexibility index (Phi) is 5.15.